The Labute approximate surface area is 192 Å². The van der Waals surface area contributed by atoms with E-state index in [9.17, 15) is 13.2 Å². The Morgan fingerprint density at radius 1 is 0.636 bits per heavy atom. The summed E-state index contributed by atoms with van der Waals surface area (Å²) in [6, 6.07) is 22.8. The van der Waals surface area contributed by atoms with E-state index in [0.29, 0.717) is 35.3 Å². The third kappa shape index (κ3) is 4.95. The molecule has 1 nitrogen and oxygen atoms in total. The molecule has 0 fully saturated rings. The molecule has 0 unspecified atom stereocenters. The molecule has 0 spiro atoms. The second-order valence-corrected chi connectivity index (χ2v) is 7.99. The highest BCUT2D eigenvalue weighted by atomic mass is 19.2. The van der Waals surface area contributed by atoms with Crippen LogP contribution in [0.5, 0.6) is 5.75 Å². The molecule has 0 bridgehead atoms. The molecule has 0 radical (unpaired) electrons. The summed E-state index contributed by atoms with van der Waals surface area (Å²) in [5, 5.41) is 0. The third-order valence-electron chi connectivity index (χ3n) is 5.96. The molecule has 0 atom stereocenters. The molecular formula is C29H25F3O. The van der Waals surface area contributed by atoms with Gasteiger partial charge in [-0.05, 0) is 53.1 Å². The Balaban J connectivity index is 1.51. The summed E-state index contributed by atoms with van der Waals surface area (Å²) < 4.78 is 49.0. The highest BCUT2D eigenvalue weighted by Crippen LogP contribution is 2.32. The van der Waals surface area contributed by atoms with E-state index >= 15 is 0 Å². The topological polar surface area (TPSA) is 9.23 Å². The number of aryl methyl sites for hydroxylation is 3. The molecular weight excluding hydrogens is 421 g/mol. The number of halogens is 3. The molecule has 4 aromatic carbocycles. The fourth-order valence-corrected chi connectivity index (χ4v) is 3.90. The number of ether oxygens (including phenoxy) is 1. The van der Waals surface area contributed by atoms with Crippen LogP contribution in [0.3, 0.4) is 0 Å². The lowest BCUT2D eigenvalue weighted by Gasteiger charge is -2.11. The number of hydrogen-bond donors (Lipinski definition) is 0. The van der Waals surface area contributed by atoms with Gasteiger partial charge in [0.25, 0.3) is 0 Å². The Hall–Kier alpha value is -3.53. The van der Waals surface area contributed by atoms with Gasteiger partial charge in [-0.15, -0.1) is 0 Å². The minimum absolute atomic E-state index is 0.217. The second kappa shape index (κ2) is 9.95. The van der Waals surface area contributed by atoms with E-state index in [4.69, 9.17) is 4.74 Å². The largest absolute Gasteiger partial charge is 0.497 e. The van der Waals surface area contributed by atoms with Crippen LogP contribution in [0.4, 0.5) is 13.2 Å². The standard InChI is InChI=1S/C29H25F3O/c1-3-19-4-9-21(10-5-19)25-16-17-26(29(32)28(25)31)22-11-6-20(7-12-22)8-13-23-14-15-24(33-2)18-27(23)30/h4-7,9-12,14-18H,3,8,13H2,1-2H3. The van der Waals surface area contributed by atoms with Gasteiger partial charge in [0.2, 0.25) is 0 Å². The van der Waals surface area contributed by atoms with Crippen LogP contribution < -0.4 is 4.74 Å². The van der Waals surface area contributed by atoms with Crippen LogP contribution in [0.15, 0.2) is 78.9 Å². The molecule has 4 aromatic rings. The minimum Gasteiger partial charge on any atom is -0.497 e. The molecule has 33 heavy (non-hydrogen) atoms. The molecule has 0 saturated carbocycles. The van der Waals surface area contributed by atoms with Crippen molar-refractivity contribution >= 4 is 0 Å². The van der Waals surface area contributed by atoms with Gasteiger partial charge in [0.15, 0.2) is 11.6 Å². The van der Waals surface area contributed by atoms with Crippen LogP contribution in [0.2, 0.25) is 0 Å². The van der Waals surface area contributed by atoms with Gasteiger partial charge in [-0.2, -0.15) is 0 Å². The number of rotatable bonds is 7. The van der Waals surface area contributed by atoms with Crippen LogP contribution in [0, 0.1) is 17.5 Å². The van der Waals surface area contributed by atoms with Crippen molar-refractivity contribution < 1.29 is 17.9 Å². The number of methoxy groups -OCH3 is 1. The Kier molecular flexibility index (Phi) is 6.83. The maximum absolute atomic E-state index is 14.9. The molecule has 0 aliphatic rings. The number of benzene rings is 4. The lowest BCUT2D eigenvalue weighted by atomic mass is 9.96. The zero-order valence-corrected chi connectivity index (χ0v) is 18.7. The maximum Gasteiger partial charge on any atom is 0.167 e. The predicted octanol–water partition coefficient (Wildman–Crippen LogP) is 7.79. The SMILES string of the molecule is CCc1ccc(-c2ccc(-c3ccc(CCc4ccc(OC)cc4F)cc3)c(F)c2F)cc1. The summed E-state index contributed by atoms with van der Waals surface area (Å²) in [5.41, 5.74) is 4.45. The van der Waals surface area contributed by atoms with E-state index in [-0.39, 0.29) is 16.9 Å². The average molecular weight is 447 g/mol. The second-order valence-electron chi connectivity index (χ2n) is 7.99. The summed E-state index contributed by atoms with van der Waals surface area (Å²) in [6.45, 7) is 2.05. The number of hydrogen-bond acceptors (Lipinski definition) is 1. The first kappa shape index (κ1) is 22.7. The summed E-state index contributed by atoms with van der Waals surface area (Å²) in [6.07, 6.45) is 2.05. The Bertz CT molecular complexity index is 1250. The van der Waals surface area contributed by atoms with Crippen molar-refractivity contribution in [3.05, 3.63) is 113 Å². The molecule has 0 aliphatic carbocycles. The van der Waals surface area contributed by atoms with Gasteiger partial charge in [0.1, 0.15) is 11.6 Å². The molecule has 0 N–H and O–H groups in total. The summed E-state index contributed by atoms with van der Waals surface area (Å²) in [4.78, 5) is 0. The zero-order chi connectivity index (χ0) is 23.4. The van der Waals surface area contributed by atoms with Crippen LogP contribution in [-0.4, -0.2) is 7.11 Å². The van der Waals surface area contributed by atoms with Crippen molar-refractivity contribution in [3.8, 4) is 28.0 Å². The van der Waals surface area contributed by atoms with Crippen molar-refractivity contribution in [2.45, 2.75) is 26.2 Å². The van der Waals surface area contributed by atoms with Gasteiger partial charge < -0.3 is 4.74 Å². The molecule has 4 rings (SSSR count). The van der Waals surface area contributed by atoms with Crippen molar-refractivity contribution in [3.63, 3.8) is 0 Å². The lowest BCUT2D eigenvalue weighted by molar-refractivity contribution is 0.410. The van der Waals surface area contributed by atoms with Gasteiger partial charge in [-0.25, -0.2) is 13.2 Å². The van der Waals surface area contributed by atoms with Crippen LogP contribution >= 0.6 is 0 Å². The van der Waals surface area contributed by atoms with E-state index in [0.717, 1.165) is 17.5 Å². The smallest absolute Gasteiger partial charge is 0.167 e. The van der Waals surface area contributed by atoms with Crippen molar-refractivity contribution in [1.82, 2.24) is 0 Å². The fraction of sp³-hybridized carbons (Fsp3) is 0.172. The first-order valence-electron chi connectivity index (χ1n) is 11.0. The monoisotopic (exact) mass is 446 g/mol. The van der Waals surface area contributed by atoms with Crippen molar-refractivity contribution in [2.75, 3.05) is 7.11 Å². The molecule has 0 aromatic heterocycles. The normalized spacial score (nSPS) is 10.9. The van der Waals surface area contributed by atoms with E-state index in [1.165, 1.54) is 13.2 Å². The van der Waals surface area contributed by atoms with Crippen molar-refractivity contribution in [1.29, 1.82) is 0 Å². The highest BCUT2D eigenvalue weighted by Gasteiger charge is 2.16. The van der Waals surface area contributed by atoms with Crippen LogP contribution in [-0.2, 0) is 19.3 Å². The van der Waals surface area contributed by atoms with Crippen LogP contribution in [0.1, 0.15) is 23.6 Å². The van der Waals surface area contributed by atoms with Gasteiger partial charge >= 0.3 is 0 Å². The maximum atomic E-state index is 14.9. The van der Waals surface area contributed by atoms with E-state index < -0.39 is 11.6 Å². The average Bonchev–Trinajstić information content (AvgIpc) is 2.85. The van der Waals surface area contributed by atoms with Crippen molar-refractivity contribution in [2.24, 2.45) is 0 Å². The van der Waals surface area contributed by atoms with Crippen LogP contribution in [0.25, 0.3) is 22.3 Å². The Morgan fingerprint density at radius 2 is 1.18 bits per heavy atom. The van der Waals surface area contributed by atoms with E-state index in [1.807, 2.05) is 43.3 Å². The van der Waals surface area contributed by atoms with Gasteiger partial charge in [-0.3, -0.25) is 0 Å². The summed E-state index contributed by atoms with van der Waals surface area (Å²) in [5.74, 6) is -1.53. The fourth-order valence-electron chi connectivity index (χ4n) is 3.90. The molecule has 0 heterocycles. The first-order valence-corrected chi connectivity index (χ1v) is 11.0. The van der Waals surface area contributed by atoms with E-state index in [1.54, 1.807) is 36.4 Å². The quantitative estimate of drug-likeness (QED) is 0.281. The molecule has 0 saturated heterocycles. The molecule has 4 heteroatoms. The van der Waals surface area contributed by atoms with E-state index in [2.05, 4.69) is 0 Å². The third-order valence-corrected chi connectivity index (χ3v) is 5.96. The zero-order valence-electron chi connectivity index (χ0n) is 18.7. The predicted molar refractivity (Wildman–Crippen MR) is 127 cm³/mol. The molecule has 0 aliphatic heterocycles. The first-order chi connectivity index (χ1) is 16.0. The molecule has 168 valence electrons. The van der Waals surface area contributed by atoms with Gasteiger partial charge in [-0.1, -0.05) is 73.7 Å². The lowest BCUT2D eigenvalue weighted by Crippen LogP contribution is -1.97. The molecule has 0 amide bonds. The Morgan fingerprint density at radius 3 is 1.67 bits per heavy atom. The van der Waals surface area contributed by atoms with Gasteiger partial charge in [0.05, 0.1) is 7.11 Å². The minimum atomic E-state index is -0.861. The summed E-state index contributed by atoms with van der Waals surface area (Å²) in [7, 11) is 1.50. The summed E-state index contributed by atoms with van der Waals surface area (Å²) >= 11 is 0. The van der Waals surface area contributed by atoms with Gasteiger partial charge in [0, 0.05) is 17.2 Å². The highest BCUT2D eigenvalue weighted by molar-refractivity contribution is 5.72.